The molecule has 0 unspecified atom stereocenters. The van der Waals surface area contributed by atoms with Crippen LogP contribution in [0.5, 0.6) is 0 Å². The highest BCUT2D eigenvalue weighted by Gasteiger charge is 2.13. The molecule has 0 aliphatic carbocycles. The van der Waals surface area contributed by atoms with Crippen LogP contribution in [0, 0.1) is 11.5 Å². The molecular weight excluding hydrogens is 310 g/mol. The molecule has 0 fully saturated rings. The standard InChI is InChI=1S/C17H21NO4Si/c1-21-16(19)12-15(17(20)22-2)18-14-8-6-7-13(11-14)9-10-23(3,4)5/h6-8,11-12,18H,1-5H3/b15-12+. The second kappa shape index (κ2) is 8.20. The van der Waals surface area contributed by atoms with Gasteiger partial charge in [0.25, 0.3) is 0 Å². The second-order valence-corrected chi connectivity index (χ2v) is 10.5. The molecule has 0 aromatic heterocycles. The van der Waals surface area contributed by atoms with Gasteiger partial charge in [0, 0.05) is 11.3 Å². The molecule has 0 spiro atoms. The maximum atomic E-state index is 11.7. The Bertz CT molecular complexity index is 678. The maximum absolute atomic E-state index is 11.7. The molecule has 0 aliphatic rings. The molecule has 0 heterocycles. The Hall–Kier alpha value is -2.52. The van der Waals surface area contributed by atoms with E-state index < -0.39 is 20.0 Å². The molecule has 6 heteroatoms. The number of rotatable bonds is 4. The van der Waals surface area contributed by atoms with E-state index in [1.165, 1.54) is 14.2 Å². The first-order valence-electron chi connectivity index (χ1n) is 7.03. The molecule has 1 aromatic carbocycles. The van der Waals surface area contributed by atoms with Gasteiger partial charge in [-0.1, -0.05) is 31.6 Å². The summed E-state index contributed by atoms with van der Waals surface area (Å²) in [7, 11) is 1.01. The van der Waals surface area contributed by atoms with Crippen LogP contribution in [0.15, 0.2) is 36.0 Å². The highest BCUT2D eigenvalue weighted by atomic mass is 28.3. The predicted octanol–water partition coefficient (Wildman–Crippen LogP) is 2.56. The van der Waals surface area contributed by atoms with Gasteiger partial charge in [0.2, 0.25) is 0 Å². The first-order chi connectivity index (χ1) is 10.7. The molecule has 0 saturated carbocycles. The summed E-state index contributed by atoms with van der Waals surface area (Å²) in [5, 5.41) is 2.86. The van der Waals surface area contributed by atoms with Crippen LogP contribution in [0.3, 0.4) is 0 Å². The predicted molar refractivity (Wildman–Crippen MR) is 92.4 cm³/mol. The molecule has 23 heavy (non-hydrogen) atoms. The number of hydrogen-bond acceptors (Lipinski definition) is 5. The number of benzene rings is 1. The van der Waals surface area contributed by atoms with E-state index in [4.69, 9.17) is 0 Å². The first-order valence-corrected chi connectivity index (χ1v) is 10.5. The highest BCUT2D eigenvalue weighted by molar-refractivity contribution is 6.83. The fourth-order valence-corrected chi connectivity index (χ4v) is 2.04. The van der Waals surface area contributed by atoms with E-state index in [0.717, 1.165) is 11.6 Å². The Labute approximate surface area is 137 Å². The van der Waals surface area contributed by atoms with Crippen LogP contribution in [-0.2, 0) is 19.1 Å². The number of ether oxygens (including phenoxy) is 2. The number of nitrogens with one attached hydrogen (secondary N) is 1. The average molecular weight is 331 g/mol. The molecule has 0 atom stereocenters. The summed E-state index contributed by atoms with van der Waals surface area (Å²) >= 11 is 0. The fourth-order valence-electron chi connectivity index (χ4n) is 1.52. The van der Waals surface area contributed by atoms with Crippen molar-refractivity contribution in [3.63, 3.8) is 0 Å². The third kappa shape index (κ3) is 6.85. The van der Waals surface area contributed by atoms with Gasteiger partial charge in [-0.25, -0.2) is 9.59 Å². The molecule has 0 saturated heterocycles. The summed E-state index contributed by atoms with van der Waals surface area (Å²) < 4.78 is 9.18. The van der Waals surface area contributed by atoms with Gasteiger partial charge in [0.1, 0.15) is 13.8 Å². The number of carbonyl (C=O) groups excluding carboxylic acids is 2. The van der Waals surface area contributed by atoms with Crippen LogP contribution in [0.25, 0.3) is 0 Å². The van der Waals surface area contributed by atoms with E-state index in [2.05, 4.69) is 45.9 Å². The Balaban J connectivity index is 3.05. The molecule has 1 rings (SSSR count). The van der Waals surface area contributed by atoms with Crippen molar-refractivity contribution in [2.45, 2.75) is 19.6 Å². The lowest BCUT2D eigenvalue weighted by Gasteiger charge is -2.09. The van der Waals surface area contributed by atoms with Gasteiger partial charge in [-0.05, 0) is 18.2 Å². The molecule has 0 bridgehead atoms. The minimum Gasteiger partial charge on any atom is -0.466 e. The van der Waals surface area contributed by atoms with E-state index in [1.807, 2.05) is 12.1 Å². The fraction of sp³-hybridized carbons (Fsp3) is 0.294. The van der Waals surface area contributed by atoms with Crippen molar-refractivity contribution in [2.75, 3.05) is 19.5 Å². The van der Waals surface area contributed by atoms with Gasteiger partial charge in [-0.3, -0.25) is 0 Å². The third-order valence-electron chi connectivity index (χ3n) is 2.59. The van der Waals surface area contributed by atoms with Gasteiger partial charge in [-0.15, -0.1) is 5.54 Å². The Kier molecular flexibility index (Phi) is 6.60. The lowest BCUT2D eigenvalue weighted by atomic mass is 10.2. The summed E-state index contributed by atoms with van der Waals surface area (Å²) in [6.07, 6.45) is 1.05. The smallest absolute Gasteiger partial charge is 0.354 e. The van der Waals surface area contributed by atoms with Crippen LogP contribution in [0.4, 0.5) is 5.69 Å². The lowest BCUT2D eigenvalue weighted by molar-refractivity contribution is -0.138. The zero-order chi connectivity index (χ0) is 17.5. The van der Waals surface area contributed by atoms with E-state index in [1.54, 1.807) is 12.1 Å². The summed E-state index contributed by atoms with van der Waals surface area (Å²) in [6, 6.07) is 7.29. The SMILES string of the molecule is COC(=O)/C=C(/Nc1cccc(C#C[Si](C)(C)C)c1)C(=O)OC. The third-order valence-corrected chi connectivity index (χ3v) is 3.47. The van der Waals surface area contributed by atoms with Gasteiger partial charge >= 0.3 is 11.9 Å². The van der Waals surface area contributed by atoms with Gasteiger partial charge in [-0.2, -0.15) is 0 Å². The summed E-state index contributed by atoms with van der Waals surface area (Å²) in [5.41, 5.74) is 4.74. The lowest BCUT2D eigenvalue weighted by Crippen LogP contribution is -2.16. The van der Waals surface area contributed by atoms with E-state index in [0.29, 0.717) is 5.69 Å². The van der Waals surface area contributed by atoms with Crippen molar-refractivity contribution in [1.29, 1.82) is 0 Å². The van der Waals surface area contributed by atoms with Crippen molar-refractivity contribution >= 4 is 25.7 Å². The van der Waals surface area contributed by atoms with Crippen LogP contribution < -0.4 is 5.32 Å². The molecule has 122 valence electrons. The molecular formula is C17H21NO4Si. The van der Waals surface area contributed by atoms with Gasteiger partial charge < -0.3 is 14.8 Å². The molecule has 0 amide bonds. The average Bonchev–Trinajstić information content (AvgIpc) is 2.51. The number of anilines is 1. The van der Waals surface area contributed by atoms with Crippen molar-refractivity contribution in [1.82, 2.24) is 0 Å². The highest BCUT2D eigenvalue weighted by Crippen LogP contribution is 2.14. The second-order valence-electron chi connectivity index (χ2n) is 5.78. The van der Waals surface area contributed by atoms with Crippen LogP contribution >= 0.6 is 0 Å². The monoisotopic (exact) mass is 331 g/mol. The zero-order valence-corrected chi connectivity index (χ0v) is 15.0. The largest absolute Gasteiger partial charge is 0.466 e. The van der Waals surface area contributed by atoms with E-state index in [9.17, 15) is 9.59 Å². The van der Waals surface area contributed by atoms with Gasteiger partial charge in [0.05, 0.1) is 20.3 Å². The first kappa shape index (κ1) is 18.5. The van der Waals surface area contributed by atoms with E-state index >= 15 is 0 Å². The topological polar surface area (TPSA) is 64.6 Å². The van der Waals surface area contributed by atoms with Gasteiger partial charge in [0.15, 0.2) is 0 Å². The number of methoxy groups -OCH3 is 2. The Morgan fingerprint density at radius 2 is 1.87 bits per heavy atom. The molecule has 5 nitrogen and oxygen atoms in total. The van der Waals surface area contributed by atoms with Crippen LogP contribution in [-0.4, -0.2) is 34.2 Å². The van der Waals surface area contributed by atoms with E-state index in [-0.39, 0.29) is 5.70 Å². The minimum absolute atomic E-state index is 0.00495. The van der Waals surface area contributed by atoms with Crippen LogP contribution in [0.1, 0.15) is 5.56 Å². The maximum Gasteiger partial charge on any atom is 0.354 e. The molecule has 0 aliphatic heterocycles. The summed E-state index contributed by atoms with van der Waals surface area (Å²) in [6.45, 7) is 6.49. The number of carbonyl (C=O) groups is 2. The van der Waals surface area contributed by atoms with Crippen molar-refractivity contribution in [3.8, 4) is 11.5 Å². The zero-order valence-electron chi connectivity index (χ0n) is 14.0. The number of hydrogen-bond donors (Lipinski definition) is 1. The van der Waals surface area contributed by atoms with Crippen molar-refractivity contribution in [3.05, 3.63) is 41.6 Å². The molecule has 1 N–H and O–H groups in total. The van der Waals surface area contributed by atoms with Crippen LogP contribution in [0.2, 0.25) is 19.6 Å². The molecule has 1 aromatic rings. The summed E-state index contributed by atoms with van der Waals surface area (Å²) in [4.78, 5) is 23.1. The Morgan fingerprint density at radius 1 is 1.17 bits per heavy atom. The normalized spacial score (nSPS) is 11.1. The minimum atomic E-state index is -1.47. The van der Waals surface area contributed by atoms with Crippen molar-refractivity contribution < 1.29 is 19.1 Å². The summed E-state index contributed by atoms with van der Waals surface area (Å²) in [5.74, 6) is 1.83. The molecule has 0 radical (unpaired) electrons. The number of esters is 2. The quantitative estimate of drug-likeness (QED) is 0.397. The Morgan fingerprint density at radius 3 is 2.43 bits per heavy atom. The van der Waals surface area contributed by atoms with Crippen molar-refractivity contribution in [2.24, 2.45) is 0 Å².